The van der Waals surface area contributed by atoms with Gasteiger partial charge in [0.2, 0.25) is 0 Å². The van der Waals surface area contributed by atoms with E-state index >= 15 is 0 Å². The molecule has 1 aromatic heterocycles. The Bertz CT molecular complexity index is 1010. The number of hydrogen-bond donors (Lipinski definition) is 0. The molecular weight excluding hydrogens is 416 g/mol. The molecule has 0 unspecified atom stereocenters. The van der Waals surface area contributed by atoms with E-state index in [2.05, 4.69) is 64.0 Å². The first kappa shape index (κ1) is 24.3. The van der Waals surface area contributed by atoms with Crippen molar-refractivity contribution in [1.29, 1.82) is 0 Å². The smallest absolute Gasteiger partial charge is 0.181 e. The van der Waals surface area contributed by atoms with Crippen LogP contribution >= 0.6 is 10.3 Å². The van der Waals surface area contributed by atoms with E-state index in [-0.39, 0.29) is 23.7 Å². The van der Waals surface area contributed by atoms with Gasteiger partial charge >= 0.3 is 0 Å². The summed E-state index contributed by atoms with van der Waals surface area (Å²) in [5.41, 5.74) is 3.28. The zero-order chi connectivity index (χ0) is 23.5. The molecule has 0 saturated carbocycles. The third-order valence-electron chi connectivity index (χ3n) is 5.75. The van der Waals surface area contributed by atoms with Crippen molar-refractivity contribution in [2.75, 3.05) is 6.61 Å². The van der Waals surface area contributed by atoms with E-state index in [4.69, 9.17) is 4.18 Å². The van der Waals surface area contributed by atoms with E-state index in [9.17, 15) is 4.79 Å². The fourth-order valence-electron chi connectivity index (χ4n) is 4.45. The number of carbonyl (C=O) groups is 1. The number of nitrogens with zero attached hydrogens (tertiary/aromatic N) is 2. The second-order valence-electron chi connectivity index (χ2n) is 9.49. The highest BCUT2D eigenvalue weighted by molar-refractivity contribution is 8.31. The van der Waals surface area contributed by atoms with Crippen LogP contribution in [0.5, 0.6) is 0 Å². The van der Waals surface area contributed by atoms with E-state index in [0.29, 0.717) is 5.92 Å². The lowest BCUT2D eigenvalue weighted by molar-refractivity contribution is -0.121. The third kappa shape index (κ3) is 4.69. The van der Waals surface area contributed by atoms with Crippen molar-refractivity contribution < 1.29 is 8.98 Å². The van der Waals surface area contributed by atoms with Crippen molar-refractivity contribution in [3.63, 3.8) is 0 Å². The van der Waals surface area contributed by atoms with Gasteiger partial charge < -0.3 is 4.18 Å². The maximum absolute atomic E-state index is 13.1. The highest BCUT2D eigenvalue weighted by atomic mass is 32.3. The minimum atomic E-state index is -1.93. The van der Waals surface area contributed by atoms with Crippen molar-refractivity contribution >= 4 is 16.1 Å². The number of ketones is 1. The SMILES string of the molecule is Cc1nn(CC(=O)COS(c2ccccc2)(c2ccccc2)C(C)(C)C)c(C)c1C(C)C. The highest BCUT2D eigenvalue weighted by Gasteiger charge is 2.41. The lowest BCUT2D eigenvalue weighted by Crippen LogP contribution is -2.30. The van der Waals surface area contributed by atoms with Crippen LogP contribution in [0.2, 0.25) is 0 Å². The predicted octanol–water partition coefficient (Wildman–Crippen LogP) is 6.85. The lowest BCUT2D eigenvalue weighted by Gasteiger charge is -2.50. The molecule has 172 valence electrons. The minimum absolute atomic E-state index is 0.0268. The molecule has 0 saturated heterocycles. The van der Waals surface area contributed by atoms with E-state index in [1.54, 1.807) is 0 Å². The molecule has 3 rings (SSSR count). The van der Waals surface area contributed by atoms with Crippen molar-refractivity contribution in [3.8, 4) is 0 Å². The number of Topliss-reactive ketones (excluding diaryl/α,β-unsaturated/α-hetero) is 1. The molecule has 0 radical (unpaired) electrons. The molecule has 0 amide bonds. The quantitative estimate of drug-likeness (QED) is 0.375. The Morgan fingerprint density at radius 1 is 0.969 bits per heavy atom. The van der Waals surface area contributed by atoms with Gasteiger partial charge in [0.05, 0.1) is 5.69 Å². The topological polar surface area (TPSA) is 44.1 Å². The number of rotatable bonds is 8. The molecule has 0 N–H and O–H groups in total. The first-order chi connectivity index (χ1) is 15.1. The Balaban J connectivity index is 1.93. The van der Waals surface area contributed by atoms with Crippen molar-refractivity contribution in [1.82, 2.24) is 9.78 Å². The van der Waals surface area contributed by atoms with E-state index in [1.165, 1.54) is 5.56 Å². The number of aryl methyl sites for hydroxylation is 1. The lowest BCUT2D eigenvalue weighted by atomic mass is 10.0. The number of carbonyl (C=O) groups excluding carboxylic acids is 1. The zero-order valence-electron chi connectivity index (χ0n) is 20.4. The van der Waals surface area contributed by atoms with Gasteiger partial charge in [-0.1, -0.05) is 60.6 Å². The maximum atomic E-state index is 13.1. The van der Waals surface area contributed by atoms with Crippen LogP contribution in [0.25, 0.3) is 0 Å². The van der Waals surface area contributed by atoms with Crippen molar-refractivity contribution in [3.05, 3.63) is 77.6 Å². The van der Waals surface area contributed by atoms with Gasteiger partial charge in [0.15, 0.2) is 5.78 Å². The van der Waals surface area contributed by atoms with Crippen molar-refractivity contribution in [2.45, 2.75) is 75.5 Å². The van der Waals surface area contributed by atoms with Crippen LogP contribution in [-0.2, 0) is 15.5 Å². The molecular formula is C27H36N2O2S. The molecule has 0 aliphatic heterocycles. The van der Waals surface area contributed by atoms with Gasteiger partial charge in [0.25, 0.3) is 0 Å². The highest BCUT2D eigenvalue weighted by Crippen LogP contribution is 2.71. The van der Waals surface area contributed by atoms with Crippen LogP contribution in [0.15, 0.2) is 70.5 Å². The second-order valence-corrected chi connectivity index (χ2v) is 13.0. The Kier molecular flexibility index (Phi) is 7.31. The monoisotopic (exact) mass is 452 g/mol. The van der Waals surface area contributed by atoms with Crippen LogP contribution < -0.4 is 0 Å². The Morgan fingerprint density at radius 3 is 1.88 bits per heavy atom. The van der Waals surface area contributed by atoms with Crippen LogP contribution in [-0.4, -0.2) is 26.9 Å². The molecule has 4 nitrogen and oxygen atoms in total. The van der Waals surface area contributed by atoms with E-state index in [0.717, 1.165) is 21.2 Å². The first-order valence-corrected chi connectivity index (χ1v) is 12.8. The molecule has 5 heteroatoms. The number of hydrogen-bond acceptors (Lipinski definition) is 3. The number of aromatic nitrogens is 2. The predicted molar refractivity (Wildman–Crippen MR) is 134 cm³/mol. The molecule has 2 aromatic carbocycles. The summed E-state index contributed by atoms with van der Waals surface area (Å²) in [5.74, 6) is 0.406. The average molecular weight is 453 g/mol. The fraction of sp³-hybridized carbons (Fsp3) is 0.407. The maximum Gasteiger partial charge on any atom is 0.181 e. The summed E-state index contributed by atoms with van der Waals surface area (Å²) in [6, 6.07) is 20.7. The van der Waals surface area contributed by atoms with Crippen LogP contribution in [0, 0.1) is 13.8 Å². The van der Waals surface area contributed by atoms with E-state index in [1.807, 2.05) is 54.9 Å². The Labute approximate surface area is 194 Å². The van der Waals surface area contributed by atoms with Gasteiger partial charge in [-0.3, -0.25) is 9.48 Å². The van der Waals surface area contributed by atoms with Gasteiger partial charge in [-0.15, -0.1) is 0 Å². The molecule has 1 heterocycles. The molecule has 0 bridgehead atoms. The zero-order valence-corrected chi connectivity index (χ0v) is 21.2. The molecule has 0 spiro atoms. The summed E-state index contributed by atoms with van der Waals surface area (Å²) in [5, 5.41) is 4.63. The normalized spacial score (nSPS) is 12.9. The first-order valence-electron chi connectivity index (χ1n) is 11.2. The molecule has 0 aliphatic carbocycles. The molecule has 0 atom stereocenters. The Hall–Kier alpha value is -2.37. The van der Waals surface area contributed by atoms with Gasteiger partial charge in [-0.05, 0) is 70.4 Å². The summed E-state index contributed by atoms with van der Waals surface area (Å²) < 4.78 is 8.34. The van der Waals surface area contributed by atoms with Gasteiger partial charge in [-0.25, -0.2) is 0 Å². The molecule has 32 heavy (non-hydrogen) atoms. The molecule has 3 aromatic rings. The van der Waals surface area contributed by atoms with Gasteiger partial charge in [-0.2, -0.15) is 5.10 Å². The van der Waals surface area contributed by atoms with Gasteiger partial charge in [0, 0.05) is 20.2 Å². The summed E-state index contributed by atoms with van der Waals surface area (Å²) in [6.45, 7) is 15.2. The largest absolute Gasteiger partial charge is 0.320 e. The summed E-state index contributed by atoms with van der Waals surface area (Å²) in [7, 11) is -1.93. The fourth-order valence-corrected chi connectivity index (χ4v) is 8.15. The Morgan fingerprint density at radius 2 is 1.47 bits per heavy atom. The van der Waals surface area contributed by atoms with Crippen LogP contribution in [0.1, 0.15) is 57.5 Å². The summed E-state index contributed by atoms with van der Waals surface area (Å²) in [6.07, 6.45) is 0. The summed E-state index contributed by atoms with van der Waals surface area (Å²) >= 11 is 0. The summed E-state index contributed by atoms with van der Waals surface area (Å²) in [4.78, 5) is 15.4. The third-order valence-corrected chi connectivity index (χ3v) is 9.82. The van der Waals surface area contributed by atoms with E-state index < -0.39 is 10.3 Å². The molecule has 0 aliphatic rings. The number of benzene rings is 2. The van der Waals surface area contributed by atoms with Crippen molar-refractivity contribution in [2.24, 2.45) is 0 Å². The minimum Gasteiger partial charge on any atom is -0.320 e. The van der Waals surface area contributed by atoms with Crippen LogP contribution in [0.3, 0.4) is 0 Å². The standard InChI is InChI=1S/C27H36N2O2S/c1-20(2)26-21(3)28-29(22(26)4)18-23(30)19-31-32(27(5,6)7,24-14-10-8-11-15-24)25-16-12-9-13-17-25/h8-17,20H,18-19H2,1-7H3. The second kappa shape index (κ2) is 9.63. The molecule has 0 fully saturated rings. The van der Waals surface area contributed by atoms with Crippen LogP contribution in [0.4, 0.5) is 0 Å². The van der Waals surface area contributed by atoms with Gasteiger partial charge in [0.1, 0.15) is 13.2 Å². The average Bonchev–Trinajstić information content (AvgIpc) is 3.02.